The fourth-order valence-corrected chi connectivity index (χ4v) is 3.02. The van der Waals surface area contributed by atoms with E-state index in [9.17, 15) is 5.11 Å². The van der Waals surface area contributed by atoms with Crippen molar-refractivity contribution in [2.75, 3.05) is 7.11 Å². The maximum absolute atomic E-state index is 9.71. The van der Waals surface area contributed by atoms with Gasteiger partial charge in [0, 0.05) is 18.0 Å². The lowest BCUT2D eigenvalue weighted by Gasteiger charge is -2.26. The molecule has 4 nitrogen and oxygen atoms in total. The molecule has 1 saturated carbocycles. The third kappa shape index (κ3) is 3.34. The summed E-state index contributed by atoms with van der Waals surface area (Å²) in [7, 11) is 1.67. The van der Waals surface area contributed by atoms with Crippen molar-refractivity contribution in [1.82, 2.24) is 10.3 Å². The summed E-state index contributed by atoms with van der Waals surface area (Å²) in [5, 5.41) is 14.3. The SMILES string of the molecule is COc1cccc2ccc(CNC3CCCC(O)C3)nc12. The number of fused-ring (bicyclic) bond motifs is 1. The fourth-order valence-electron chi connectivity index (χ4n) is 3.02. The molecule has 1 heterocycles. The van der Waals surface area contributed by atoms with Crippen molar-refractivity contribution in [1.29, 1.82) is 0 Å². The highest BCUT2D eigenvalue weighted by Crippen LogP contribution is 2.24. The van der Waals surface area contributed by atoms with Crippen LogP contribution in [0.15, 0.2) is 30.3 Å². The molecule has 0 spiro atoms. The molecule has 0 bridgehead atoms. The van der Waals surface area contributed by atoms with Crippen LogP contribution in [0.2, 0.25) is 0 Å². The first-order valence-corrected chi connectivity index (χ1v) is 7.60. The standard InChI is InChI=1S/C17H22N2O2/c1-21-16-7-2-4-12-8-9-14(19-17(12)16)11-18-13-5-3-6-15(20)10-13/h2,4,7-9,13,15,18,20H,3,5-6,10-11H2,1H3. The quantitative estimate of drug-likeness (QED) is 0.907. The van der Waals surface area contributed by atoms with Gasteiger partial charge in [-0.25, -0.2) is 4.98 Å². The van der Waals surface area contributed by atoms with Crippen LogP contribution in [-0.4, -0.2) is 29.3 Å². The molecule has 1 aromatic carbocycles. The zero-order valence-electron chi connectivity index (χ0n) is 12.4. The minimum Gasteiger partial charge on any atom is -0.494 e. The van der Waals surface area contributed by atoms with Crippen LogP contribution in [0.25, 0.3) is 10.9 Å². The van der Waals surface area contributed by atoms with E-state index in [1.165, 1.54) is 0 Å². The summed E-state index contributed by atoms with van der Waals surface area (Å²) in [6, 6.07) is 10.5. The first-order chi connectivity index (χ1) is 10.3. The summed E-state index contributed by atoms with van der Waals surface area (Å²) in [5.74, 6) is 0.808. The molecule has 0 amide bonds. The lowest BCUT2D eigenvalue weighted by atomic mass is 9.93. The van der Waals surface area contributed by atoms with Gasteiger partial charge in [-0.15, -0.1) is 0 Å². The highest BCUT2D eigenvalue weighted by atomic mass is 16.5. The summed E-state index contributed by atoms with van der Waals surface area (Å²) >= 11 is 0. The number of aromatic nitrogens is 1. The van der Waals surface area contributed by atoms with Crippen LogP contribution in [-0.2, 0) is 6.54 Å². The van der Waals surface area contributed by atoms with Gasteiger partial charge in [-0.1, -0.05) is 18.2 Å². The number of nitrogens with one attached hydrogen (secondary N) is 1. The zero-order valence-corrected chi connectivity index (χ0v) is 12.4. The molecule has 2 unspecified atom stereocenters. The number of para-hydroxylation sites is 1. The number of pyridine rings is 1. The first kappa shape index (κ1) is 14.3. The van der Waals surface area contributed by atoms with Gasteiger partial charge < -0.3 is 15.2 Å². The Labute approximate surface area is 125 Å². The maximum atomic E-state index is 9.71. The second kappa shape index (κ2) is 6.41. The van der Waals surface area contributed by atoms with Crippen molar-refractivity contribution < 1.29 is 9.84 Å². The number of benzene rings is 1. The Bertz CT molecular complexity index is 615. The monoisotopic (exact) mass is 286 g/mol. The fraction of sp³-hybridized carbons (Fsp3) is 0.471. The molecule has 2 atom stereocenters. The molecule has 1 fully saturated rings. The van der Waals surface area contributed by atoms with Crippen LogP contribution in [0.4, 0.5) is 0 Å². The average molecular weight is 286 g/mol. The Morgan fingerprint density at radius 2 is 2.19 bits per heavy atom. The van der Waals surface area contributed by atoms with Crippen molar-refractivity contribution in [3.8, 4) is 5.75 Å². The number of hydrogen-bond donors (Lipinski definition) is 2. The molecule has 21 heavy (non-hydrogen) atoms. The average Bonchev–Trinajstić information content (AvgIpc) is 2.52. The molecule has 112 valence electrons. The summed E-state index contributed by atoms with van der Waals surface area (Å²) in [6.07, 6.45) is 3.85. The molecule has 0 aliphatic heterocycles. The highest BCUT2D eigenvalue weighted by Gasteiger charge is 2.19. The van der Waals surface area contributed by atoms with E-state index in [0.29, 0.717) is 6.04 Å². The molecule has 1 aliphatic rings. The van der Waals surface area contributed by atoms with E-state index < -0.39 is 0 Å². The largest absolute Gasteiger partial charge is 0.494 e. The summed E-state index contributed by atoms with van der Waals surface area (Å²) < 4.78 is 5.38. The molecule has 0 saturated heterocycles. The maximum Gasteiger partial charge on any atom is 0.145 e. The van der Waals surface area contributed by atoms with E-state index in [1.807, 2.05) is 24.3 Å². The molecular weight excluding hydrogens is 264 g/mol. The number of ether oxygens (including phenoxy) is 1. The highest BCUT2D eigenvalue weighted by molar-refractivity contribution is 5.84. The molecule has 4 heteroatoms. The number of aliphatic hydroxyl groups excluding tert-OH is 1. The number of hydrogen-bond acceptors (Lipinski definition) is 4. The minimum atomic E-state index is -0.152. The Balaban J connectivity index is 1.72. The lowest BCUT2D eigenvalue weighted by molar-refractivity contribution is 0.111. The Hall–Kier alpha value is -1.65. The smallest absolute Gasteiger partial charge is 0.145 e. The van der Waals surface area contributed by atoms with E-state index in [1.54, 1.807) is 7.11 Å². The Kier molecular flexibility index (Phi) is 4.36. The number of rotatable bonds is 4. The third-order valence-corrected chi connectivity index (χ3v) is 4.18. The molecule has 3 rings (SSSR count). The van der Waals surface area contributed by atoms with E-state index in [4.69, 9.17) is 9.72 Å². The second-order valence-corrected chi connectivity index (χ2v) is 5.73. The van der Waals surface area contributed by atoms with Crippen LogP contribution < -0.4 is 10.1 Å². The van der Waals surface area contributed by atoms with Gasteiger partial charge in [0.15, 0.2) is 0 Å². The van der Waals surface area contributed by atoms with E-state index in [2.05, 4.69) is 11.4 Å². The minimum absolute atomic E-state index is 0.152. The van der Waals surface area contributed by atoms with Gasteiger partial charge in [0.05, 0.1) is 18.9 Å². The summed E-state index contributed by atoms with van der Waals surface area (Å²) in [6.45, 7) is 0.728. The molecule has 2 N–H and O–H groups in total. The summed E-state index contributed by atoms with van der Waals surface area (Å²) in [4.78, 5) is 4.70. The van der Waals surface area contributed by atoms with Gasteiger partial charge in [0.2, 0.25) is 0 Å². The molecule has 2 aromatic rings. The van der Waals surface area contributed by atoms with Gasteiger partial charge in [-0.2, -0.15) is 0 Å². The molecule has 1 aliphatic carbocycles. The van der Waals surface area contributed by atoms with Gasteiger partial charge in [-0.3, -0.25) is 0 Å². The van der Waals surface area contributed by atoms with Crippen molar-refractivity contribution in [2.24, 2.45) is 0 Å². The van der Waals surface area contributed by atoms with E-state index in [0.717, 1.165) is 54.6 Å². The van der Waals surface area contributed by atoms with Gasteiger partial charge >= 0.3 is 0 Å². The Morgan fingerprint density at radius 1 is 1.29 bits per heavy atom. The molecule has 0 radical (unpaired) electrons. The van der Waals surface area contributed by atoms with Gasteiger partial charge in [0.25, 0.3) is 0 Å². The van der Waals surface area contributed by atoms with Crippen LogP contribution >= 0.6 is 0 Å². The van der Waals surface area contributed by atoms with E-state index in [-0.39, 0.29) is 6.10 Å². The van der Waals surface area contributed by atoms with Crippen molar-refractivity contribution >= 4 is 10.9 Å². The first-order valence-electron chi connectivity index (χ1n) is 7.60. The summed E-state index contributed by atoms with van der Waals surface area (Å²) in [5.41, 5.74) is 1.91. The molecule has 1 aromatic heterocycles. The normalized spacial score (nSPS) is 22.4. The van der Waals surface area contributed by atoms with Crippen LogP contribution in [0.1, 0.15) is 31.4 Å². The number of aliphatic hydroxyl groups is 1. The van der Waals surface area contributed by atoms with Crippen molar-refractivity contribution in [2.45, 2.75) is 44.4 Å². The van der Waals surface area contributed by atoms with Crippen molar-refractivity contribution in [3.05, 3.63) is 36.0 Å². The van der Waals surface area contributed by atoms with Gasteiger partial charge in [0.1, 0.15) is 11.3 Å². The lowest BCUT2D eigenvalue weighted by Crippen LogP contribution is -2.35. The Morgan fingerprint density at radius 3 is 3.00 bits per heavy atom. The van der Waals surface area contributed by atoms with Crippen molar-refractivity contribution in [3.63, 3.8) is 0 Å². The molecular formula is C17H22N2O2. The van der Waals surface area contributed by atoms with Crippen LogP contribution in [0, 0.1) is 0 Å². The van der Waals surface area contributed by atoms with Crippen LogP contribution in [0.3, 0.4) is 0 Å². The van der Waals surface area contributed by atoms with E-state index >= 15 is 0 Å². The van der Waals surface area contributed by atoms with Gasteiger partial charge in [-0.05, 0) is 37.8 Å². The predicted octanol–water partition coefficient (Wildman–Crippen LogP) is 2.64. The zero-order chi connectivity index (χ0) is 14.7. The predicted molar refractivity (Wildman–Crippen MR) is 83.4 cm³/mol. The second-order valence-electron chi connectivity index (χ2n) is 5.73. The van der Waals surface area contributed by atoms with Crippen LogP contribution in [0.5, 0.6) is 5.75 Å². The number of methoxy groups -OCH3 is 1. The third-order valence-electron chi connectivity index (χ3n) is 4.18. The topological polar surface area (TPSA) is 54.4 Å². The number of nitrogens with zero attached hydrogens (tertiary/aromatic N) is 1.